The Labute approximate surface area is 224 Å². The SMILES string of the molecule is Cc1c(CN2CCC(F)(F)CC2)n(C(C)C)c2cc(-c3nc(N[C@@H]4CCOC[C@H]4O)ncc3F)ccc2c1=O. The number of benzene rings is 1. The molecule has 11 heteroatoms. The molecule has 210 valence electrons. The van der Waals surface area contributed by atoms with Gasteiger partial charge in [-0.1, -0.05) is 6.07 Å². The van der Waals surface area contributed by atoms with Gasteiger partial charge in [-0.2, -0.15) is 0 Å². The van der Waals surface area contributed by atoms with E-state index in [-0.39, 0.29) is 61.7 Å². The zero-order chi connectivity index (χ0) is 27.9. The van der Waals surface area contributed by atoms with E-state index < -0.39 is 17.8 Å². The van der Waals surface area contributed by atoms with Crippen LogP contribution >= 0.6 is 0 Å². The van der Waals surface area contributed by atoms with Crippen LogP contribution in [0.4, 0.5) is 19.1 Å². The van der Waals surface area contributed by atoms with Crippen molar-refractivity contribution in [1.29, 1.82) is 0 Å². The fourth-order valence-corrected chi connectivity index (χ4v) is 5.46. The summed E-state index contributed by atoms with van der Waals surface area (Å²) in [6.45, 7) is 7.33. The Kier molecular flexibility index (Phi) is 7.67. The Hall–Kier alpha value is -3.02. The van der Waals surface area contributed by atoms with E-state index in [0.29, 0.717) is 41.6 Å². The molecule has 0 saturated carbocycles. The number of aliphatic hydroxyl groups excluding tert-OH is 1. The molecule has 4 heterocycles. The summed E-state index contributed by atoms with van der Waals surface area (Å²) in [7, 11) is 0. The van der Waals surface area contributed by atoms with E-state index in [0.717, 1.165) is 11.9 Å². The molecule has 0 bridgehead atoms. The molecule has 3 aromatic rings. The van der Waals surface area contributed by atoms with E-state index in [1.165, 1.54) is 0 Å². The second kappa shape index (κ2) is 10.9. The first-order valence-electron chi connectivity index (χ1n) is 13.4. The first kappa shape index (κ1) is 27.5. The maximum absolute atomic E-state index is 15.0. The summed E-state index contributed by atoms with van der Waals surface area (Å²) in [6.07, 6.45) is 0.506. The first-order valence-corrected chi connectivity index (χ1v) is 13.4. The van der Waals surface area contributed by atoms with Gasteiger partial charge in [-0.3, -0.25) is 9.69 Å². The summed E-state index contributed by atoms with van der Waals surface area (Å²) in [4.78, 5) is 23.8. The number of aromatic nitrogens is 3. The molecule has 0 aliphatic carbocycles. The number of rotatable bonds is 6. The second-order valence-corrected chi connectivity index (χ2v) is 10.8. The summed E-state index contributed by atoms with van der Waals surface area (Å²) < 4.78 is 49.8. The normalized spacial score (nSPS) is 21.9. The molecule has 2 aliphatic rings. The summed E-state index contributed by atoms with van der Waals surface area (Å²) in [6, 6.07) is 4.73. The number of pyridine rings is 1. The van der Waals surface area contributed by atoms with Gasteiger partial charge in [-0.15, -0.1) is 0 Å². The van der Waals surface area contributed by atoms with Gasteiger partial charge < -0.3 is 19.7 Å². The molecule has 8 nitrogen and oxygen atoms in total. The highest BCUT2D eigenvalue weighted by Crippen LogP contribution is 2.31. The molecule has 0 spiro atoms. The van der Waals surface area contributed by atoms with Crippen LogP contribution in [0.5, 0.6) is 0 Å². The van der Waals surface area contributed by atoms with Gasteiger partial charge in [-0.25, -0.2) is 23.1 Å². The highest BCUT2D eigenvalue weighted by molar-refractivity contribution is 5.85. The summed E-state index contributed by atoms with van der Waals surface area (Å²) >= 11 is 0. The average Bonchev–Trinajstić information content (AvgIpc) is 2.90. The lowest BCUT2D eigenvalue weighted by Crippen LogP contribution is -2.42. The average molecular weight is 546 g/mol. The predicted molar refractivity (Wildman–Crippen MR) is 143 cm³/mol. The topological polar surface area (TPSA) is 92.5 Å². The lowest BCUT2D eigenvalue weighted by Gasteiger charge is -2.33. The van der Waals surface area contributed by atoms with E-state index in [1.807, 2.05) is 23.3 Å². The van der Waals surface area contributed by atoms with E-state index in [1.54, 1.807) is 25.1 Å². The van der Waals surface area contributed by atoms with Crippen LogP contribution in [-0.4, -0.2) is 68.9 Å². The third-order valence-electron chi connectivity index (χ3n) is 7.70. The van der Waals surface area contributed by atoms with Crippen LogP contribution in [-0.2, 0) is 11.3 Å². The minimum Gasteiger partial charge on any atom is -0.389 e. The summed E-state index contributed by atoms with van der Waals surface area (Å²) in [5, 5.41) is 13.8. The molecule has 2 saturated heterocycles. The fourth-order valence-electron chi connectivity index (χ4n) is 5.46. The number of piperidine rings is 1. The Bertz CT molecular complexity index is 1420. The standard InChI is InChI=1S/C28H34F3N5O3/c1-16(2)36-22-12-18(25-20(29)13-32-27(34-25)33-21-6-11-39-15-24(21)37)4-5-19(22)26(38)17(3)23(36)14-35-9-7-28(30,31)8-10-35/h4-5,12-13,16,21,24,37H,6-11,14-15H2,1-3H3,(H,32,33,34)/t21-,24-/m1/s1. The highest BCUT2D eigenvalue weighted by Gasteiger charge is 2.34. The number of hydrogen-bond donors (Lipinski definition) is 2. The molecule has 2 aliphatic heterocycles. The quantitative estimate of drug-likeness (QED) is 0.478. The monoisotopic (exact) mass is 545 g/mol. The third-order valence-corrected chi connectivity index (χ3v) is 7.70. The number of fused-ring (bicyclic) bond motifs is 1. The van der Waals surface area contributed by atoms with E-state index in [4.69, 9.17) is 4.74 Å². The molecule has 0 radical (unpaired) electrons. The summed E-state index contributed by atoms with van der Waals surface area (Å²) in [5.74, 6) is -3.09. The van der Waals surface area contributed by atoms with Crippen molar-refractivity contribution >= 4 is 16.9 Å². The molecular formula is C28H34F3N5O3. The lowest BCUT2D eigenvalue weighted by atomic mass is 10.0. The van der Waals surface area contributed by atoms with Crippen molar-refractivity contribution in [3.05, 3.63) is 51.7 Å². The zero-order valence-corrected chi connectivity index (χ0v) is 22.4. The number of halogens is 3. The van der Waals surface area contributed by atoms with Crippen molar-refractivity contribution in [2.24, 2.45) is 0 Å². The molecule has 1 aromatic carbocycles. The van der Waals surface area contributed by atoms with Crippen molar-refractivity contribution in [3.8, 4) is 11.3 Å². The lowest BCUT2D eigenvalue weighted by molar-refractivity contribution is -0.0570. The first-order chi connectivity index (χ1) is 18.5. The van der Waals surface area contributed by atoms with Gasteiger partial charge in [0.15, 0.2) is 11.2 Å². The van der Waals surface area contributed by atoms with Gasteiger partial charge in [0.25, 0.3) is 5.92 Å². The highest BCUT2D eigenvalue weighted by atomic mass is 19.3. The molecular weight excluding hydrogens is 511 g/mol. The zero-order valence-electron chi connectivity index (χ0n) is 22.4. The van der Waals surface area contributed by atoms with Crippen molar-refractivity contribution in [1.82, 2.24) is 19.4 Å². The number of ether oxygens (including phenoxy) is 1. The molecule has 39 heavy (non-hydrogen) atoms. The molecule has 2 atom stereocenters. The van der Waals surface area contributed by atoms with E-state index >= 15 is 4.39 Å². The van der Waals surface area contributed by atoms with Gasteiger partial charge in [0.2, 0.25) is 5.95 Å². The number of nitrogens with zero attached hydrogens (tertiary/aromatic N) is 4. The van der Waals surface area contributed by atoms with Gasteiger partial charge >= 0.3 is 0 Å². The van der Waals surface area contributed by atoms with Gasteiger partial charge in [0, 0.05) is 67.3 Å². The van der Waals surface area contributed by atoms with Crippen LogP contribution in [0.2, 0.25) is 0 Å². The molecule has 5 rings (SSSR count). The van der Waals surface area contributed by atoms with Crippen LogP contribution in [0, 0.1) is 12.7 Å². The Morgan fingerprint density at radius 3 is 2.69 bits per heavy atom. The van der Waals surface area contributed by atoms with Gasteiger partial charge in [0.1, 0.15) is 5.69 Å². The number of likely N-dealkylation sites (tertiary alicyclic amines) is 1. The predicted octanol–water partition coefficient (Wildman–Crippen LogP) is 4.28. The van der Waals surface area contributed by atoms with Crippen molar-refractivity contribution in [2.75, 3.05) is 31.6 Å². The van der Waals surface area contributed by atoms with Gasteiger partial charge in [0.05, 0.1) is 30.5 Å². The van der Waals surface area contributed by atoms with Gasteiger partial charge in [-0.05, 0) is 39.3 Å². The van der Waals surface area contributed by atoms with Crippen LogP contribution in [0.1, 0.15) is 50.4 Å². The molecule has 2 N–H and O–H groups in total. The molecule has 0 unspecified atom stereocenters. The smallest absolute Gasteiger partial charge is 0.250 e. The number of aliphatic hydroxyl groups is 1. The Morgan fingerprint density at radius 1 is 1.26 bits per heavy atom. The van der Waals surface area contributed by atoms with Crippen LogP contribution in [0.3, 0.4) is 0 Å². The van der Waals surface area contributed by atoms with Crippen LogP contribution in [0.25, 0.3) is 22.2 Å². The Balaban J connectivity index is 1.55. The fraction of sp³-hybridized carbons (Fsp3) is 0.536. The van der Waals surface area contributed by atoms with E-state index in [9.17, 15) is 18.7 Å². The second-order valence-electron chi connectivity index (χ2n) is 10.8. The largest absolute Gasteiger partial charge is 0.389 e. The van der Waals surface area contributed by atoms with E-state index in [2.05, 4.69) is 15.3 Å². The third kappa shape index (κ3) is 5.66. The maximum Gasteiger partial charge on any atom is 0.250 e. The number of anilines is 1. The van der Waals surface area contributed by atoms with Crippen molar-refractivity contribution in [2.45, 2.75) is 70.7 Å². The molecule has 2 fully saturated rings. The van der Waals surface area contributed by atoms with Crippen LogP contribution < -0.4 is 10.7 Å². The molecule has 0 amide bonds. The summed E-state index contributed by atoms with van der Waals surface area (Å²) in [5.41, 5.74) is 2.38. The van der Waals surface area contributed by atoms with Crippen molar-refractivity contribution < 1.29 is 23.0 Å². The van der Waals surface area contributed by atoms with Crippen LogP contribution in [0.15, 0.2) is 29.2 Å². The number of hydrogen-bond acceptors (Lipinski definition) is 7. The molecule has 2 aromatic heterocycles. The minimum atomic E-state index is -2.65. The number of alkyl halides is 2. The van der Waals surface area contributed by atoms with Crippen molar-refractivity contribution in [3.63, 3.8) is 0 Å². The minimum absolute atomic E-state index is 0.0502. The Morgan fingerprint density at radius 2 is 2.00 bits per heavy atom. The number of nitrogens with one attached hydrogen (secondary N) is 1. The maximum atomic E-state index is 15.0.